The molecule has 0 N–H and O–H groups in total. The average molecular weight is 466 g/mol. The first kappa shape index (κ1) is 20.4. The summed E-state index contributed by atoms with van der Waals surface area (Å²) in [4.78, 5) is 29.2. The summed E-state index contributed by atoms with van der Waals surface area (Å²) in [7, 11) is 0. The van der Waals surface area contributed by atoms with Crippen LogP contribution in [0.1, 0.15) is 48.5 Å². The standard InChI is InChI=1S/C23H20BrN3O3/c1-23(2)11-17(28)20-18(12-23)30-22(19(20)13-3-7-15(24)8-4-13)21(29)14-5-9-16(10-6-14)26-27-25/h3-10,19,22H,11-12H2,1-2H3. The largest absolute Gasteiger partial charge is 0.485 e. The topological polar surface area (TPSA) is 92.1 Å². The van der Waals surface area contributed by atoms with Crippen LogP contribution < -0.4 is 0 Å². The molecule has 1 aliphatic heterocycles. The van der Waals surface area contributed by atoms with Crippen molar-refractivity contribution in [2.45, 2.75) is 38.7 Å². The smallest absolute Gasteiger partial charge is 0.204 e. The molecule has 1 aliphatic carbocycles. The number of hydrogen-bond acceptors (Lipinski definition) is 4. The monoisotopic (exact) mass is 465 g/mol. The van der Waals surface area contributed by atoms with Crippen LogP contribution in [0.25, 0.3) is 10.4 Å². The molecule has 0 saturated heterocycles. The maximum atomic E-state index is 13.4. The summed E-state index contributed by atoms with van der Waals surface area (Å²) in [5.41, 5.74) is 10.7. The molecule has 0 radical (unpaired) electrons. The normalized spacial score (nSPS) is 22.2. The minimum atomic E-state index is -0.806. The Balaban J connectivity index is 1.75. The number of ether oxygens (including phenoxy) is 1. The highest BCUT2D eigenvalue weighted by molar-refractivity contribution is 9.10. The third-order valence-electron chi connectivity index (χ3n) is 5.56. The van der Waals surface area contributed by atoms with E-state index in [-0.39, 0.29) is 17.0 Å². The lowest BCUT2D eigenvalue weighted by atomic mass is 9.72. The zero-order valence-electron chi connectivity index (χ0n) is 16.6. The fraction of sp³-hybridized carbons (Fsp3) is 0.304. The quantitative estimate of drug-likeness (QED) is 0.226. The highest BCUT2D eigenvalue weighted by Gasteiger charge is 2.48. The van der Waals surface area contributed by atoms with Crippen molar-refractivity contribution in [2.24, 2.45) is 10.5 Å². The molecule has 4 rings (SSSR count). The molecule has 1 heterocycles. The molecule has 2 aliphatic rings. The number of Topliss-reactive ketones (excluding diaryl/α,β-unsaturated/α-hetero) is 2. The van der Waals surface area contributed by atoms with Crippen LogP contribution in [0.2, 0.25) is 0 Å². The molecule has 6 nitrogen and oxygen atoms in total. The number of azide groups is 1. The number of carbonyl (C=O) groups excluding carboxylic acids is 2. The maximum Gasteiger partial charge on any atom is 0.204 e. The molecule has 2 aromatic carbocycles. The van der Waals surface area contributed by atoms with Gasteiger partial charge < -0.3 is 4.74 Å². The van der Waals surface area contributed by atoms with Crippen LogP contribution in [0, 0.1) is 5.41 Å². The first-order valence-electron chi connectivity index (χ1n) is 9.67. The van der Waals surface area contributed by atoms with E-state index in [9.17, 15) is 9.59 Å². The van der Waals surface area contributed by atoms with E-state index in [4.69, 9.17) is 10.3 Å². The number of nitrogens with zero attached hydrogens (tertiary/aromatic N) is 3. The predicted octanol–water partition coefficient (Wildman–Crippen LogP) is 6.40. The minimum absolute atomic E-state index is 0.0446. The summed E-state index contributed by atoms with van der Waals surface area (Å²) in [6.45, 7) is 4.08. The number of rotatable bonds is 4. The molecular weight excluding hydrogens is 446 g/mol. The van der Waals surface area contributed by atoms with Crippen LogP contribution >= 0.6 is 15.9 Å². The molecule has 0 saturated carbocycles. The molecule has 30 heavy (non-hydrogen) atoms. The second-order valence-corrected chi connectivity index (χ2v) is 9.36. The summed E-state index contributed by atoms with van der Waals surface area (Å²) >= 11 is 3.44. The SMILES string of the molecule is CC1(C)CC(=O)C2=C(C1)OC(C(=O)c1ccc(N=[N+]=[N-])cc1)C2c1ccc(Br)cc1. The Kier molecular flexibility index (Phi) is 5.26. The Morgan fingerprint density at radius 3 is 2.43 bits per heavy atom. The van der Waals surface area contributed by atoms with Crippen LogP contribution in [0.4, 0.5) is 5.69 Å². The van der Waals surface area contributed by atoms with Gasteiger partial charge in [0.15, 0.2) is 11.9 Å². The summed E-state index contributed by atoms with van der Waals surface area (Å²) in [5, 5.41) is 3.54. The first-order chi connectivity index (χ1) is 14.3. The summed E-state index contributed by atoms with van der Waals surface area (Å²) in [5.74, 6) is 0.0350. The van der Waals surface area contributed by atoms with Crippen molar-refractivity contribution in [3.63, 3.8) is 0 Å². The Hall–Kier alpha value is -2.89. The van der Waals surface area contributed by atoms with Gasteiger partial charge in [0.1, 0.15) is 5.76 Å². The van der Waals surface area contributed by atoms with Gasteiger partial charge in [0, 0.05) is 39.1 Å². The molecule has 2 unspecified atom stereocenters. The van der Waals surface area contributed by atoms with Gasteiger partial charge in [0.25, 0.3) is 0 Å². The number of benzene rings is 2. The molecule has 0 aromatic heterocycles. The Morgan fingerprint density at radius 1 is 1.13 bits per heavy atom. The zero-order chi connectivity index (χ0) is 21.5. The maximum absolute atomic E-state index is 13.4. The Bertz CT molecular complexity index is 1100. The van der Waals surface area contributed by atoms with Gasteiger partial charge in [-0.2, -0.15) is 0 Å². The van der Waals surface area contributed by atoms with Crippen LogP contribution in [-0.2, 0) is 9.53 Å². The molecule has 7 heteroatoms. The highest BCUT2D eigenvalue weighted by Crippen LogP contribution is 2.49. The van der Waals surface area contributed by atoms with Gasteiger partial charge in [-0.1, -0.05) is 71.3 Å². The second-order valence-electron chi connectivity index (χ2n) is 8.45. The minimum Gasteiger partial charge on any atom is -0.485 e. The molecule has 2 atom stereocenters. The lowest BCUT2D eigenvalue weighted by molar-refractivity contribution is -0.118. The van der Waals surface area contributed by atoms with Crippen molar-refractivity contribution in [1.29, 1.82) is 0 Å². The molecule has 0 amide bonds. The molecule has 0 bridgehead atoms. The number of hydrogen-bond donors (Lipinski definition) is 0. The van der Waals surface area contributed by atoms with E-state index in [1.54, 1.807) is 24.3 Å². The molecule has 152 valence electrons. The van der Waals surface area contributed by atoms with Crippen molar-refractivity contribution in [3.05, 3.63) is 85.9 Å². The van der Waals surface area contributed by atoms with Gasteiger partial charge in [-0.15, -0.1) is 0 Å². The van der Waals surface area contributed by atoms with Crippen molar-refractivity contribution < 1.29 is 14.3 Å². The second kappa shape index (κ2) is 7.74. The Labute approximate surface area is 182 Å². The number of carbonyl (C=O) groups is 2. The van der Waals surface area contributed by atoms with E-state index in [1.165, 1.54) is 0 Å². The van der Waals surface area contributed by atoms with Gasteiger partial charge >= 0.3 is 0 Å². The van der Waals surface area contributed by atoms with Crippen molar-refractivity contribution in [1.82, 2.24) is 0 Å². The number of ketones is 2. The van der Waals surface area contributed by atoms with Gasteiger partial charge in [-0.3, -0.25) is 9.59 Å². The van der Waals surface area contributed by atoms with Gasteiger partial charge in [-0.05, 0) is 28.6 Å². The lowest BCUT2D eigenvalue weighted by Crippen LogP contribution is -2.29. The Morgan fingerprint density at radius 2 is 1.80 bits per heavy atom. The van der Waals surface area contributed by atoms with E-state index < -0.39 is 12.0 Å². The molecule has 0 fully saturated rings. The summed E-state index contributed by atoms with van der Waals surface area (Å²) in [6.07, 6.45) is 0.254. The first-order valence-corrected chi connectivity index (χ1v) is 10.5. The van der Waals surface area contributed by atoms with E-state index in [1.807, 2.05) is 38.1 Å². The van der Waals surface area contributed by atoms with Gasteiger partial charge in [0.05, 0.1) is 5.92 Å². The van der Waals surface area contributed by atoms with Crippen LogP contribution in [-0.4, -0.2) is 17.7 Å². The van der Waals surface area contributed by atoms with Crippen molar-refractivity contribution in [3.8, 4) is 0 Å². The fourth-order valence-electron chi connectivity index (χ4n) is 4.23. The molecule has 2 aromatic rings. The lowest BCUT2D eigenvalue weighted by Gasteiger charge is -2.29. The third-order valence-corrected chi connectivity index (χ3v) is 6.09. The van der Waals surface area contributed by atoms with E-state index in [0.717, 1.165) is 10.0 Å². The van der Waals surface area contributed by atoms with Gasteiger partial charge in [-0.25, -0.2) is 0 Å². The van der Waals surface area contributed by atoms with Crippen LogP contribution in [0.3, 0.4) is 0 Å². The third kappa shape index (κ3) is 3.78. The predicted molar refractivity (Wildman–Crippen MR) is 116 cm³/mol. The summed E-state index contributed by atoms with van der Waals surface area (Å²) in [6, 6.07) is 14.1. The summed E-state index contributed by atoms with van der Waals surface area (Å²) < 4.78 is 7.10. The zero-order valence-corrected chi connectivity index (χ0v) is 18.2. The molecule has 0 spiro atoms. The highest BCUT2D eigenvalue weighted by atomic mass is 79.9. The van der Waals surface area contributed by atoms with Crippen LogP contribution in [0.15, 0.2) is 69.5 Å². The molecular formula is C23H20BrN3O3. The van der Waals surface area contributed by atoms with E-state index in [0.29, 0.717) is 35.4 Å². The number of halogens is 1. The van der Waals surface area contributed by atoms with Gasteiger partial charge in [0.2, 0.25) is 5.78 Å². The fourth-order valence-corrected chi connectivity index (χ4v) is 4.49. The number of allylic oxidation sites excluding steroid dienone is 1. The van der Waals surface area contributed by atoms with Crippen molar-refractivity contribution >= 4 is 33.2 Å². The van der Waals surface area contributed by atoms with Crippen molar-refractivity contribution in [2.75, 3.05) is 0 Å². The average Bonchev–Trinajstić information content (AvgIpc) is 3.07. The van der Waals surface area contributed by atoms with Crippen LogP contribution in [0.5, 0.6) is 0 Å². The van der Waals surface area contributed by atoms with E-state index in [2.05, 4.69) is 26.0 Å². The van der Waals surface area contributed by atoms with E-state index >= 15 is 0 Å².